The van der Waals surface area contributed by atoms with E-state index < -0.39 is 0 Å². The Morgan fingerprint density at radius 2 is 1.63 bits per heavy atom. The van der Waals surface area contributed by atoms with E-state index >= 15 is 0 Å². The lowest BCUT2D eigenvalue weighted by atomic mass is 10.1. The van der Waals surface area contributed by atoms with Crippen LogP contribution in [0, 0.1) is 6.92 Å². The van der Waals surface area contributed by atoms with Gasteiger partial charge in [0.1, 0.15) is 5.82 Å². The van der Waals surface area contributed by atoms with Crippen LogP contribution in [0.3, 0.4) is 0 Å². The van der Waals surface area contributed by atoms with Crippen molar-refractivity contribution in [3.63, 3.8) is 0 Å². The average molecular weight is 360 g/mol. The van der Waals surface area contributed by atoms with Gasteiger partial charge in [-0.05, 0) is 19.1 Å². The van der Waals surface area contributed by atoms with Gasteiger partial charge in [0.25, 0.3) is 5.91 Å². The molecule has 136 valence electrons. The van der Waals surface area contributed by atoms with Gasteiger partial charge in [0, 0.05) is 30.4 Å². The summed E-state index contributed by atoms with van der Waals surface area (Å²) in [5, 5.41) is 5.55. The third kappa shape index (κ3) is 4.98. The van der Waals surface area contributed by atoms with Gasteiger partial charge in [-0.3, -0.25) is 9.59 Å². The van der Waals surface area contributed by atoms with E-state index in [1.54, 1.807) is 6.92 Å². The third-order valence-electron chi connectivity index (χ3n) is 3.90. The van der Waals surface area contributed by atoms with Gasteiger partial charge in [0.05, 0.1) is 11.3 Å². The van der Waals surface area contributed by atoms with E-state index in [-0.39, 0.29) is 24.8 Å². The molecule has 3 aromatic rings. The summed E-state index contributed by atoms with van der Waals surface area (Å²) in [6, 6.07) is 18.7. The van der Waals surface area contributed by atoms with Crippen molar-refractivity contribution >= 4 is 17.5 Å². The standard InChI is InChI=1S/C21H20N4O2/c1-15-23-14-18(20(24-15)16-8-4-2-5-9-16)21(27)22-13-12-19(26)25-17-10-6-3-7-11-17/h2-11,14H,12-13H2,1H3,(H,22,27)(H,25,26). The first-order chi connectivity index (χ1) is 13.1. The number of para-hydroxylation sites is 1. The van der Waals surface area contributed by atoms with Crippen molar-refractivity contribution in [3.05, 3.63) is 78.2 Å². The van der Waals surface area contributed by atoms with Crippen molar-refractivity contribution in [3.8, 4) is 11.3 Å². The zero-order chi connectivity index (χ0) is 19.1. The van der Waals surface area contributed by atoms with Gasteiger partial charge in [-0.1, -0.05) is 48.5 Å². The molecule has 0 aliphatic rings. The average Bonchev–Trinajstić information content (AvgIpc) is 2.69. The Balaban J connectivity index is 1.62. The van der Waals surface area contributed by atoms with E-state index in [9.17, 15) is 9.59 Å². The van der Waals surface area contributed by atoms with Crippen LogP contribution in [0.5, 0.6) is 0 Å². The molecule has 0 fully saturated rings. The maximum absolute atomic E-state index is 12.6. The number of aromatic nitrogens is 2. The van der Waals surface area contributed by atoms with Crippen molar-refractivity contribution in [2.45, 2.75) is 13.3 Å². The molecule has 2 N–H and O–H groups in total. The fraction of sp³-hybridized carbons (Fsp3) is 0.143. The maximum atomic E-state index is 12.6. The molecule has 0 bridgehead atoms. The first-order valence-electron chi connectivity index (χ1n) is 8.65. The molecule has 0 saturated heterocycles. The normalized spacial score (nSPS) is 10.3. The van der Waals surface area contributed by atoms with Crippen molar-refractivity contribution in [2.24, 2.45) is 0 Å². The largest absolute Gasteiger partial charge is 0.351 e. The number of carbonyl (C=O) groups is 2. The van der Waals surface area contributed by atoms with Crippen LogP contribution in [0.15, 0.2) is 66.9 Å². The lowest BCUT2D eigenvalue weighted by Crippen LogP contribution is -2.28. The molecule has 6 heteroatoms. The third-order valence-corrected chi connectivity index (χ3v) is 3.90. The summed E-state index contributed by atoms with van der Waals surface area (Å²) >= 11 is 0. The summed E-state index contributed by atoms with van der Waals surface area (Å²) in [4.78, 5) is 33.1. The lowest BCUT2D eigenvalue weighted by Gasteiger charge is -2.10. The molecule has 1 heterocycles. The van der Waals surface area contributed by atoms with Crippen LogP contribution in [0.2, 0.25) is 0 Å². The number of carbonyl (C=O) groups excluding carboxylic acids is 2. The zero-order valence-electron chi connectivity index (χ0n) is 15.0. The number of nitrogens with one attached hydrogen (secondary N) is 2. The highest BCUT2D eigenvalue weighted by Crippen LogP contribution is 2.20. The Hall–Kier alpha value is -3.54. The summed E-state index contributed by atoms with van der Waals surface area (Å²) in [5.41, 5.74) is 2.53. The second-order valence-electron chi connectivity index (χ2n) is 5.97. The highest BCUT2D eigenvalue weighted by Gasteiger charge is 2.15. The molecular formula is C21H20N4O2. The number of nitrogens with zero attached hydrogens (tertiary/aromatic N) is 2. The molecule has 0 atom stereocenters. The molecule has 0 spiro atoms. The van der Waals surface area contributed by atoms with E-state index in [1.807, 2.05) is 60.7 Å². The van der Waals surface area contributed by atoms with E-state index in [0.29, 0.717) is 17.1 Å². The van der Waals surface area contributed by atoms with Gasteiger partial charge in [0.2, 0.25) is 5.91 Å². The van der Waals surface area contributed by atoms with E-state index in [4.69, 9.17) is 0 Å². The van der Waals surface area contributed by atoms with Gasteiger partial charge in [0.15, 0.2) is 0 Å². The Kier molecular flexibility index (Phi) is 5.89. The fourth-order valence-corrected chi connectivity index (χ4v) is 2.58. The molecule has 0 aliphatic carbocycles. The van der Waals surface area contributed by atoms with E-state index in [1.165, 1.54) is 6.20 Å². The second kappa shape index (κ2) is 8.71. The minimum Gasteiger partial charge on any atom is -0.351 e. The Bertz CT molecular complexity index is 927. The van der Waals surface area contributed by atoms with Gasteiger partial charge in [-0.15, -0.1) is 0 Å². The number of hydrogen-bond acceptors (Lipinski definition) is 4. The molecule has 0 saturated carbocycles. The van der Waals surface area contributed by atoms with Crippen LogP contribution >= 0.6 is 0 Å². The van der Waals surface area contributed by atoms with Crippen LogP contribution < -0.4 is 10.6 Å². The van der Waals surface area contributed by atoms with Crippen molar-refractivity contribution in [1.82, 2.24) is 15.3 Å². The molecule has 0 unspecified atom stereocenters. The highest BCUT2D eigenvalue weighted by molar-refractivity contribution is 6.00. The number of amides is 2. The summed E-state index contributed by atoms with van der Waals surface area (Å²) < 4.78 is 0. The van der Waals surface area contributed by atoms with Crippen LogP contribution in [-0.4, -0.2) is 28.3 Å². The molecule has 1 aromatic heterocycles. The monoisotopic (exact) mass is 360 g/mol. The Morgan fingerprint density at radius 3 is 2.33 bits per heavy atom. The highest BCUT2D eigenvalue weighted by atomic mass is 16.2. The molecule has 2 aromatic carbocycles. The first kappa shape index (κ1) is 18.3. The molecule has 2 amide bonds. The fourth-order valence-electron chi connectivity index (χ4n) is 2.58. The van der Waals surface area contributed by atoms with Gasteiger partial charge in [-0.25, -0.2) is 9.97 Å². The number of aryl methyl sites for hydroxylation is 1. The molecule has 3 rings (SSSR count). The Labute approximate surface area is 157 Å². The van der Waals surface area contributed by atoms with Crippen molar-refractivity contribution in [1.29, 1.82) is 0 Å². The predicted octanol–water partition coefficient (Wildman–Crippen LogP) is 3.21. The maximum Gasteiger partial charge on any atom is 0.255 e. The predicted molar refractivity (Wildman–Crippen MR) is 104 cm³/mol. The van der Waals surface area contributed by atoms with Gasteiger partial charge >= 0.3 is 0 Å². The summed E-state index contributed by atoms with van der Waals surface area (Å²) in [6.07, 6.45) is 1.69. The topological polar surface area (TPSA) is 84.0 Å². The minimum atomic E-state index is -0.304. The smallest absolute Gasteiger partial charge is 0.255 e. The van der Waals surface area contributed by atoms with Crippen molar-refractivity contribution < 1.29 is 9.59 Å². The molecular weight excluding hydrogens is 340 g/mol. The van der Waals surface area contributed by atoms with Gasteiger partial charge < -0.3 is 10.6 Å². The first-order valence-corrected chi connectivity index (χ1v) is 8.65. The van der Waals surface area contributed by atoms with Crippen LogP contribution in [0.1, 0.15) is 22.6 Å². The summed E-state index contributed by atoms with van der Waals surface area (Å²) in [5.74, 6) is 0.124. The van der Waals surface area contributed by atoms with Gasteiger partial charge in [-0.2, -0.15) is 0 Å². The Morgan fingerprint density at radius 1 is 0.963 bits per heavy atom. The molecule has 27 heavy (non-hydrogen) atoms. The van der Waals surface area contributed by atoms with Crippen LogP contribution in [0.25, 0.3) is 11.3 Å². The molecule has 6 nitrogen and oxygen atoms in total. The van der Waals surface area contributed by atoms with Crippen molar-refractivity contribution in [2.75, 3.05) is 11.9 Å². The number of anilines is 1. The second-order valence-corrected chi connectivity index (χ2v) is 5.97. The zero-order valence-corrected chi connectivity index (χ0v) is 15.0. The number of rotatable bonds is 6. The summed E-state index contributed by atoms with van der Waals surface area (Å²) in [6.45, 7) is 2.00. The summed E-state index contributed by atoms with van der Waals surface area (Å²) in [7, 11) is 0. The SMILES string of the molecule is Cc1ncc(C(=O)NCCC(=O)Nc2ccccc2)c(-c2ccccc2)n1. The molecule has 0 aliphatic heterocycles. The number of benzene rings is 2. The quantitative estimate of drug-likeness (QED) is 0.707. The van der Waals surface area contributed by atoms with Crippen LogP contribution in [0.4, 0.5) is 5.69 Å². The van der Waals surface area contributed by atoms with Crippen LogP contribution in [-0.2, 0) is 4.79 Å². The minimum absolute atomic E-state index is 0.162. The molecule has 0 radical (unpaired) electrons. The van der Waals surface area contributed by atoms with E-state index in [2.05, 4.69) is 20.6 Å². The van der Waals surface area contributed by atoms with E-state index in [0.717, 1.165) is 11.3 Å². The lowest BCUT2D eigenvalue weighted by molar-refractivity contribution is -0.116. The number of hydrogen-bond donors (Lipinski definition) is 2.